The van der Waals surface area contributed by atoms with Crippen LogP contribution in [0.1, 0.15) is 25.7 Å². The number of thioether (sulfide) groups is 1. The molecule has 2 rings (SSSR count). The fraction of sp³-hybridized carbons (Fsp3) is 0.462. The lowest BCUT2D eigenvalue weighted by Crippen LogP contribution is -2.29. The average Bonchev–Trinajstić information content (AvgIpc) is 2.96. The van der Waals surface area contributed by atoms with E-state index in [-0.39, 0.29) is 23.5 Å². The SMILES string of the molecule is O=C(CSc1ccc([N+](=O)[O-])cc1)NOC1CCCC1. The first-order valence-corrected chi connectivity index (χ1v) is 7.45. The second-order valence-corrected chi connectivity index (χ2v) is 5.64. The Hall–Kier alpha value is -1.60. The van der Waals surface area contributed by atoms with Gasteiger partial charge in [0.15, 0.2) is 0 Å². The van der Waals surface area contributed by atoms with Gasteiger partial charge in [0, 0.05) is 17.0 Å². The quantitative estimate of drug-likeness (QED) is 0.496. The third-order valence-electron chi connectivity index (χ3n) is 3.06. The summed E-state index contributed by atoms with van der Waals surface area (Å²) in [6.07, 6.45) is 4.44. The van der Waals surface area contributed by atoms with Crippen molar-refractivity contribution in [2.45, 2.75) is 36.7 Å². The number of hydrogen-bond acceptors (Lipinski definition) is 5. The summed E-state index contributed by atoms with van der Waals surface area (Å²) in [6.45, 7) is 0. The zero-order chi connectivity index (χ0) is 14.4. The molecule has 1 aliphatic rings. The van der Waals surface area contributed by atoms with Crippen LogP contribution in [0.5, 0.6) is 0 Å². The molecule has 0 aliphatic heterocycles. The molecule has 1 amide bonds. The summed E-state index contributed by atoms with van der Waals surface area (Å²) in [5, 5.41) is 10.5. The van der Waals surface area contributed by atoms with Crippen LogP contribution in [0.25, 0.3) is 0 Å². The molecule has 1 aromatic carbocycles. The lowest BCUT2D eigenvalue weighted by molar-refractivity contribution is -0.384. The summed E-state index contributed by atoms with van der Waals surface area (Å²) in [6, 6.07) is 6.12. The van der Waals surface area contributed by atoms with Gasteiger partial charge in [-0.15, -0.1) is 11.8 Å². The van der Waals surface area contributed by atoms with Crippen LogP contribution in [0, 0.1) is 10.1 Å². The van der Waals surface area contributed by atoms with E-state index in [0.29, 0.717) is 0 Å². The monoisotopic (exact) mass is 296 g/mol. The summed E-state index contributed by atoms with van der Waals surface area (Å²) in [5.41, 5.74) is 2.50. The van der Waals surface area contributed by atoms with Crippen LogP contribution in [0.2, 0.25) is 0 Å². The Morgan fingerprint density at radius 3 is 2.60 bits per heavy atom. The van der Waals surface area contributed by atoms with Gasteiger partial charge in [0.05, 0.1) is 16.8 Å². The number of nitrogens with zero attached hydrogens (tertiary/aromatic N) is 1. The molecule has 0 saturated heterocycles. The minimum Gasteiger partial charge on any atom is -0.272 e. The summed E-state index contributed by atoms with van der Waals surface area (Å²) < 4.78 is 0. The molecule has 0 aromatic heterocycles. The van der Waals surface area contributed by atoms with E-state index in [1.165, 1.54) is 23.9 Å². The minimum absolute atomic E-state index is 0.0448. The maximum absolute atomic E-state index is 11.6. The number of hydrogen-bond donors (Lipinski definition) is 1. The predicted octanol–water partition coefficient (Wildman–Crippen LogP) is 2.68. The summed E-state index contributed by atoms with van der Waals surface area (Å²) in [5.74, 6) is 0.0325. The van der Waals surface area contributed by atoms with Gasteiger partial charge in [-0.05, 0) is 25.0 Å². The molecule has 0 heterocycles. The summed E-state index contributed by atoms with van der Waals surface area (Å²) in [4.78, 5) is 27.8. The largest absolute Gasteiger partial charge is 0.272 e. The molecular formula is C13H16N2O4S. The third-order valence-corrected chi connectivity index (χ3v) is 4.07. The third kappa shape index (κ3) is 4.50. The van der Waals surface area contributed by atoms with E-state index in [0.717, 1.165) is 30.6 Å². The van der Waals surface area contributed by atoms with Crippen molar-refractivity contribution in [1.29, 1.82) is 0 Å². The van der Waals surface area contributed by atoms with Crippen molar-refractivity contribution < 1.29 is 14.6 Å². The number of benzene rings is 1. The minimum atomic E-state index is -0.448. The molecule has 1 fully saturated rings. The summed E-state index contributed by atoms with van der Waals surface area (Å²) in [7, 11) is 0. The van der Waals surface area contributed by atoms with E-state index in [1.807, 2.05) is 0 Å². The molecule has 0 unspecified atom stereocenters. The van der Waals surface area contributed by atoms with Gasteiger partial charge in [0.25, 0.3) is 11.6 Å². The van der Waals surface area contributed by atoms with Gasteiger partial charge in [0.1, 0.15) is 0 Å². The molecule has 0 atom stereocenters. The maximum Gasteiger partial charge on any atom is 0.269 e. The first kappa shape index (κ1) is 14.8. The molecule has 1 N–H and O–H groups in total. The predicted molar refractivity (Wildman–Crippen MR) is 75.3 cm³/mol. The highest BCUT2D eigenvalue weighted by atomic mass is 32.2. The standard InChI is InChI=1S/C13H16N2O4S/c16-13(14-19-11-3-1-2-4-11)9-20-12-7-5-10(6-8-12)15(17)18/h5-8,11H,1-4,9H2,(H,14,16). The van der Waals surface area contributed by atoms with Crippen molar-refractivity contribution >= 4 is 23.4 Å². The molecular weight excluding hydrogens is 280 g/mol. The summed E-state index contributed by atoms with van der Waals surface area (Å²) >= 11 is 1.32. The van der Waals surface area contributed by atoms with Crippen LogP contribution in [0.15, 0.2) is 29.2 Å². The molecule has 1 aromatic rings. The fourth-order valence-electron chi connectivity index (χ4n) is 2.00. The van der Waals surface area contributed by atoms with E-state index >= 15 is 0 Å². The number of amides is 1. The average molecular weight is 296 g/mol. The first-order valence-electron chi connectivity index (χ1n) is 6.47. The number of rotatable bonds is 6. The Labute approximate surface area is 121 Å². The van der Waals surface area contributed by atoms with Crippen molar-refractivity contribution in [3.05, 3.63) is 34.4 Å². The van der Waals surface area contributed by atoms with Crippen molar-refractivity contribution in [1.82, 2.24) is 5.48 Å². The van der Waals surface area contributed by atoms with E-state index in [9.17, 15) is 14.9 Å². The molecule has 1 saturated carbocycles. The molecule has 0 bridgehead atoms. The Morgan fingerprint density at radius 1 is 1.35 bits per heavy atom. The van der Waals surface area contributed by atoms with Crippen molar-refractivity contribution in [3.63, 3.8) is 0 Å². The fourth-order valence-corrected chi connectivity index (χ4v) is 2.68. The lowest BCUT2D eigenvalue weighted by Gasteiger charge is -2.11. The van der Waals surface area contributed by atoms with Crippen LogP contribution in [-0.2, 0) is 9.63 Å². The van der Waals surface area contributed by atoms with Crippen LogP contribution in [0.3, 0.4) is 0 Å². The van der Waals surface area contributed by atoms with Gasteiger partial charge < -0.3 is 0 Å². The number of nitrogens with one attached hydrogen (secondary N) is 1. The van der Waals surface area contributed by atoms with E-state index in [2.05, 4.69) is 5.48 Å². The Balaban J connectivity index is 1.70. The Morgan fingerprint density at radius 2 is 2.00 bits per heavy atom. The Kier molecular flexibility index (Phi) is 5.37. The highest BCUT2D eigenvalue weighted by Gasteiger charge is 2.16. The number of hydroxylamine groups is 1. The van der Waals surface area contributed by atoms with Crippen LogP contribution >= 0.6 is 11.8 Å². The number of carbonyl (C=O) groups excluding carboxylic acids is 1. The Bertz CT molecular complexity index is 472. The van der Waals surface area contributed by atoms with Gasteiger partial charge in [-0.2, -0.15) is 0 Å². The molecule has 6 nitrogen and oxygen atoms in total. The van der Waals surface area contributed by atoms with Crippen molar-refractivity contribution in [2.24, 2.45) is 0 Å². The highest BCUT2D eigenvalue weighted by molar-refractivity contribution is 8.00. The van der Waals surface area contributed by atoms with Crippen LogP contribution in [-0.4, -0.2) is 22.7 Å². The molecule has 0 radical (unpaired) electrons. The number of nitro benzene ring substituents is 1. The van der Waals surface area contributed by atoms with Gasteiger partial charge in [-0.1, -0.05) is 12.8 Å². The van der Waals surface area contributed by atoms with Gasteiger partial charge in [0.2, 0.25) is 0 Å². The van der Waals surface area contributed by atoms with E-state index < -0.39 is 4.92 Å². The zero-order valence-corrected chi connectivity index (χ0v) is 11.7. The van der Waals surface area contributed by atoms with E-state index in [1.54, 1.807) is 12.1 Å². The molecule has 1 aliphatic carbocycles. The smallest absolute Gasteiger partial charge is 0.269 e. The maximum atomic E-state index is 11.6. The molecule has 108 valence electrons. The zero-order valence-electron chi connectivity index (χ0n) is 10.9. The second-order valence-electron chi connectivity index (χ2n) is 4.59. The topological polar surface area (TPSA) is 81.5 Å². The van der Waals surface area contributed by atoms with Gasteiger partial charge >= 0.3 is 0 Å². The number of nitro groups is 1. The number of carbonyl (C=O) groups is 1. The van der Waals surface area contributed by atoms with E-state index in [4.69, 9.17) is 4.84 Å². The molecule has 7 heteroatoms. The van der Waals surface area contributed by atoms with Crippen molar-refractivity contribution in [2.75, 3.05) is 5.75 Å². The van der Waals surface area contributed by atoms with Gasteiger partial charge in [-0.25, -0.2) is 5.48 Å². The van der Waals surface area contributed by atoms with Crippen LogP contribution < -0.4 is 5.48 Å². The molecule has 0 spiro atoms. The van der Waals surface area contributed by atoms with Crippen LogP contribution in [0.4, 0.5) is 5.69 Å². The van der Waals surface area contributed by atoms with Gasteiger partial charge in [-0.3, -0.25) is 19.7 Å². The second kappa shape index (κ2) is 7.25. The first-order chi connectivity index (χ1) is 9.65. The lowest BCUT2D eigenvalue weighted by atomic mass is 10.3. The normalized spacial score (nSPS) is 15.2. The molecule has 20 heavy (non-hydrogen) atoms. The highest BCUT2D eigenvalue weighted by Crippen LogP contribution is 2.22. The van der Waals surface area contributed by atoms with Crippen molar-refractivity contribution in [3.8, 4) is 0 Å². The number of non-ortho nitro benzene ring substituents is 1.